The van der Waals surface area contributed by atoms with Gasteiger partial charge in [-0.05, 0) is 71.7 Å². The zero-order valence-electron chi connectivity index (χ0n) is 19.4. The van der Waals surface area contributed by atoms with E-state index in [9.17, 15) is 9.59 Å². The first-order valence-corrected chi connectivity index (χ1v) is 11.3. The maximum Gasteiger partial charge on any atom is 0.261 e. The monoisotopic (exact) mass is 495 g/mol. The van der Waals surface area contributed by atoms with Gasteiger partial charge in [0.15, 0.2) is 5.11 Å². The number of hydrogen-bond donors (Lipinski definition) is 3. The van der Waals surface area contributed by atoms with Crippen LogP contribution in [0.2, 0.25) is 5.02 Å². The van der Waals surface area contributed by atoms with Crippen LogP contribution in [0.1, 0.15) is 47.1 Å². The van der Waals surface area contributed by atoms with Crippen molar-refractivity contribution >= 4 is 52.1 Å². The van der Waals surface area contributed by atoms with Crippen molar-refractivity contribution in [2.24, 2.45) is 0 Å². The lowest BCUT2D eigenvalue weighted by molar-refractivity contribution is 0.0973. The molecule has 0 saturated heterocycles. The van der Waals surface area contributed by atoms with Crippen molar-refractivity contribution in [2.45, 2.75) is 26.2 Å². The largest absolute Gasteiger partial charge is 0.496 e. The summed E-state index contributed by atoms with van der Waals surface area (Å²) in [5, 5.41) is 8.92. The van der Waals surface area contributed by atoms with Crippen molar-refractivity contribution in [3.63, 3.8) is 0 Å². The highest BCUT2D eigenvalue weighted by atomic mass is 35.5. The van der Waals surface area contributed by atoms with E-state index in [1.165, 1.54) is 13.2 Å². The van der Waals surface area contributed by atoms with Gasteiger partial charge in [-0.3, -0.25) is 14.9 Å². The molecule has 0 aromatic heterocycles. The molecule has 0 radical (unpaired) electrons. The standard InChI is InChI=1S/C26H26ClN3O3S/c1-26(2,3)17-10-8-16(9-11-17)23(31)28-19-6-5-7-20(15-19)29-25(34)30-24(32)21-14-18(27)12-13-22(21)33-4/h5-15H,1-4H3,(H,28,31)(H2,29,30,32,34). The lowest BCUT2D eigenvalue weighted by atomic mass is 9.87. The fourth-order valence-electron chi connectivity index (χ4n) is 3.19. The van der Waals surface area contributed by atoms with E-state index in [2.05, 4.69) is 36.7 Å². The highest BCUT2D eigenvalue weighted by Gasteiger charge is 2.16. The number of rotatable bonds is 5. The number of thiocarbonyl (C=S) groups is 1. The summed E-state index contributed by atoms with van der Waals surface area (Å²) >= 11 is 11.3. The van der Waals surface area contributed by atoms with Gasteiger partial charge in [-0.2, -0.15) is 0 Å². The van der Waals surface area contributed by atoms with Crippen LogP contribution in [0.15, 0.2) is 66.7 Å². The molecule has 3 aromatic rings. The van der Waals surface area contributed by atoms with Crippen LogP contribution in [0.5, 0.6) is 5.75 Å². The molecule has 3 rings (SSSR count). The normalized spacial score (nSPS) is 10.9. The lowest BCUT2D eigenvalue weighted by Crippen LogP contribution is -2.34. The minimum absolute atomic E-state index is 0.0146. The van der Waals surface area contributed by atoms with E-state index < -0.39 is 5.91 Å². The Morgan fingerprint density at radius 2 is 1.53 bits per heavy atom. The summed E-state index contributed by atoms with van der Waals surface area (Å²) < 4.78 is 5.21. The second-order valence-electron chi connectivity index (χ2n) is 8.62. The number of amides is 2. The van der Waals surface area contributed by atoms with Crippen LogP contribution in [-0.2, 0) is 5.41 Å². The van der Waals surface area contributed by atoms with Gasteiger partial charge in [0.05, 0.1) is 12.7 Å². The Kier molecular flexibility index (Phi) is 7.91. The van der Waals surface area contributed by atoms with E-state index in [1.807, 2.05) is 24.3 Å². The van der Waals surface area contributed by atoms with Gasteiger partial charge in [0, 0.05) is 22.0 Å². The average molecular weight is 496 g/mol. The van der Waals surface area contributed by atoms with Gasteiger partial charge in [0.25, 0.3) is 11.8 Å². The van der Waals surface area contributed by atoms with Gasteiger partial charge in [0.1, 0.15) is 5.75 Å². The maximum atomic E-state index is 12.7. The Balaban J connectivity index is 1.64. The maximum absolute atomic E-state index is 12.7. The van der Waals surface area contributed by atoms with Crippen LogP contribution in [0.4, 0.5) is 11.4 Å². The molecule has 0 aliphatic rings. The third-order valence-electron chi connectivity index (χ3n) is 5.02. The molecule has 3 N–H and O–H groups in total. The van der Waals surface area contributed by atoms with Crippen LogP contribution in [0.25, 0.3) is 0 Å². The van der Waals surface area contributed by atoms with Crippen LogP contribution < -0.4 is 20.7 Å². The fraction of sp³-hybridized carbons (Fsp3) is 0.192. The smallest absolute Gasteiger partial charge is 0.261 e. The Bertz CT molecular complexity index is 1220. The van der Waals surface area contributed by atoms with Gasteiger partial charge >= 0.3 is 0 Å². The topological polar surface area (TPSA) is 79.5 Å². The molecule has 0 saturated carbocycles. The Labute approximate surface area is 209 Å². The van der Waals surface area contributed by atoms with Gasteiger partial charge < -0.3 is 15.4 Å². The Morgan fingerprint density at radius 3 is 2.15 bits per heavy atom. The van der Waals surface area contributed by atoms with E-state index in [0.29, 0.717) is 27.7 Å². The van der Waals surface area contributed by atoms with E-state index in [1.54, 1.807) is 36.4 Å². The van der Waals surface area contributed by atoms with Gasteiger partial charge in [-0.1, -0.05) is 50.6 Å². The number of halogens is 1. The summed E-state index contributed by atoms with van der Waals surface area (Å²) in [6, 6.07) is 19.3. The molecular weight excluding hydrogens is 470 g/mol. The predicted octanol–water partition coefficient (Wildman–Crippen LogP) is 6.03. The first-order valence-electron chi connectivity index (χ1n) is 10.5. The van der Waals surface area contributed by atoms with E-state index in [-0.39, 0.29) is 22.0 Å². The van der Waals surface area contributed by atoms with E-state index >= 15 is 0 Å². The second kappa shape index (κ2) is 10.7. The Hall–Kier alpha value is -3.42. The number of carbonyl (C=O) groups is 2. The summed E-state index contributed by atoms with van der Waals surface area (Å²) in [5.74, 6) is -0.300. The zero-order chi connectivity index (χ0) is 24.9. The molecule has 3 aromatic carbocycles. The van der Waals surface area contributed by atoms with E-state index in [4.69, 9.17) is 28.6 Å². The van der Waals surface area contributed by atoms with Crippen LogP contribution in [0, 0.1) is 0 Å². The molecule has 8 heteroatoms. The zero-order valence-corrected chi connectivity index (χ0v) is 20.9. The quantitative estimate of drug-likeness (QED) is 0.377. The third kappa shape index (κ3) is 6.56. The number of carbonyl (C=O) groups excluding carboxylic acids is 2. The number of nitrogens with one attached hydrogen (secondary N) is 3. The summed E-state index contributed by atoms with van der Waals surface area (Å²) in [5.41, 5.74) is 3.18. The number of anilines is 2. The SMILES string of the molecule is COc1ccc(Cl)cc1C(=O)NC(=S)Nc1cccc(NC(=O)c2ccc(C(C)(C)C)cc2)c1. The van der Waals surface area contributed by atoms with Crippen molar-refractivity contribution in [1.82, 2.24) is 5.32 Å². The van der Waals surface area contributed by atoms with Crippen molar-refractivity contribution in [1.29, 1.82) is 0 Å². The first kappa shape index (κ1) is 25.2. The molecule has 0 bridgehead atoms. The van der Waals surface area contributed by atoms with Crippen molar-refractivity contribution in [3.8, 4) is 5.75 Å². The highest BCUT2D eigenvalue weighted by molar-refractivity contribution is 7.80. The molecule has 2 amide bonds. The molecule has 176 valence electrons. The molecule has 34 heavy (non-hydrogen) atoms. The van der Waals surface area contributed by atoms with Crippen molar-refractivity contribution in [2.75, 3.05) is 17.7 Å². The summed E-state index contributed by atoms with van der Waals surface area (Å²) in [6.45, 7) is 6.37. The van der Waals surface area contributed by atoms with Crippen molar-refractivity contribution in [3.05, 3.63) is 88.4 Å². The minimum Gasteiger partial charge on any atom is -0.496 e. The summed E-state index contributed by atoms with van der Waals surface area (Å²) in [4.78, 5) is 25.3. The molecule has 0 aliphatic carbocycles. The molecule has 0 heterocycles. The molecule has 0 fully saturated rings. The Morgan fingerprint density at radius 1 is 0.882 bits per heavy atom. The molecule has 0 atom stereocenters. The van der Waals surface area contributed by atoms with Crippen molar-refractivity contribution < 1.29 is 14.3 Å². The summed E-state index contributed by atoms with van der Waals surface area (Å²) in [7, 11) is 1.47. The second-order valence-corrected chi connectivity index (χ2v) is 9.46. The number of ether oxygens (including phenoxy) is 1. The number of methoxy groups -OCH3 is 1. The lowest BCUT2D eigenvalue weighted by Gasteiger charge is -2.19. The fourth-order valence-corrected chi connectivity index (χ4v) is 3.57. The molecular formula is C26H26ClN3O3S. The third-order valence-corrected chi connectivity index (χ3v) is 5.46. The van der Waals surface area contributed by atoms with Crippen LogP contribution >= 0.6 is 23.8 Å². The predicted molar refractivity (Wildman–Crippen MR) is 141 cm³/mol. The molecule has 0 unspecified atom stereocenters. The number of hydrogen-bond acceptors (Lipinski definition) is 4. The van der Waals surface area contributed by atoms with Crippen LogP contribution in [-0.4, -0.2) is 24.0 Å². The minimum atomic E-state index is -0.458. The van der Waals surface area contributed by atoms with Gasteiger partial charge in [-0.15, -0.1) is 0 Å². The molecule has 0 spiro atoms. The van der Waals surface area contributed by atoms with Gasteiger partial charge in [0.2, 0.25) is 0 Å². The average Bonchev–Trinajstić information content (AvgIpc) is 2.78. The number of benzene rings is 3. The first-order chi connectivity index (χ1) is 16.1. The highest BCUT2D eigenvalue weighted by Crippen LogP contribution is 2.24. The van der Waals surface area contributed by atoms with Crippen LogP contribution in [0.3, 0.4) is 0 Å². The van der Waals surface area contributed by atoms with Gasteiger partial charge in [-0.25, -0.2) is 0 Å². The molecule has 6 nitrogen and oxygen atoms in total. The molecule has 0 aliphatic heterocycles. The summed E-state index contributed by atoms with van der Waals surface area (Å²) in [6.07, 6.45) is 0. The van der Waals surface area contributed by atoms with E-state index in [0.717, 1.165) is 5.56 Å².